The number of carbonyl (C=O) groups excluding carboxylic acids is 4. The van der Waals surface area contributed by atoms with Gasteiger partial charge in [-0.15, -0.1) is 6.42 Å². The fraction of sp³-hybridized carbons (Fsp3) is 0.200. The van der Waals surface area contributed by atoms with E-state index < -0.39 is 23.9 Å². The van der Waals surface area contributed by atoms with Gasteiger partial charge in [0.2, 0.25) is 0 Å². The monoisotopic (exact) mass is 768 g/mol. The normalized spacial score (nSPS) is 12.5. The van der Waals surface area contributed by atoms with Gasteiger partial charge in [-0.05, 0) is 121 Å². The molecule has 9 heteroatoms. The van der Waals surface area contributed by atoms with Gasteiger partial charge in [0.1, 0.15) is 0 Å². The molecule has 8 nitrogen and oxygen atoms in total. The Hall–Kier alpha value is -5.77. The summed E-state index contributed by atoms with van der Waals surface area (Å²) in [6, 6.07) is 28.9. The molecule has 4 aromatic rings. The van der Waals surface area contributed by atoms with E-state index in [1.807, 2.05) is 60.7 Å². The molecule has 6 rings (SSSR count). The topological polar surface area (TPSA) is 105 Å². The van der Waals surface area contributed by atoms with Crippen LogP contribution in [0.4, 0.5) is 0 Å². The van der Waals surface area contributed by atoms with Crippen molar-refractivity contribution in [3.8, 4) is 0 Å². The third kappa shape index (κ3) is 9.60. The molecule has 0 bridgehead atoms. The average molecular weight is 769 g/mol. The number of hydrogen-bond acceptors (Lipinski definition) is 8. The van der Waals surface area contributed by atoms with Gasteiger partial charge in [0, 0.05) is 16.8 Å². The van der Waals surface area contributed by atoms with Gasteiger partial charge in [-0.25, -0.2) is 31.3 Å². The molecule has 0 aromatic heterocycles. The molecule has 0 aliphatic heterocycles. The summed E-state index contributed by atoms with van der Waals surface area (Å²) in [6.45, 7) is 8.11. The van der Waals surface area contributed by atoms with Crippen molar-refractivity contribution in [1.29, 1.82) is 0 Å². The Labute approximate surface area is 326 Å². The van der Waals surface area contributed by atoms with E-state index in [9.17, 15) is 19.2 Å². The van der Waals surface area contributed by atoms with E-state index in [1.165, 1.54) is 0 Å². The van der Waals surface area contributed by atoms with Crippen LogP contribution < -0.4 is 0 Å². The largest absolute Gasteiger partial charge is 0.462 e. The van der Waals surface area contributed by atoms with Crippen molar-refractivity contribution in [3.63, 3.8) is 0 Å². The van der Waals surface area contributed by atoms with E-state index in [4.69, 9.17) is 18.9 Å². The van der Waals surface area contributed by atoms with E-state index in [1.54, 1.807) is 76.2 Å². The van der Waals surface area contributed by atoms with Gasteiger partial charge in [-0.1, -0.05) is 48.5 Å². The number of carbonyl (C=O) groups is 4. The summed E-state index contributed by atoms with van der Waals surface area (Å²) < 4.78 is 20.8. The fourth-order valence-electron chi connectivity index (χ4n) is 5.88. The summed E-state index contributed by atoms with van der Waals surface area (Å²) in [5, 5.41) is 0. The van der Waals surface area contributed by atoms with Crippen LogP contribution in [0, 0.1) is 6.08 Å². The minimum Gasteiger partial charge on any atom is -0.462 e. The molecule has 0 spiro atoms. The third-order valence-corrected chi connectivity index (χ3v) is 8.32. The number of allylic oxidation sites excluding steroid dienone is 8. The predicted octanol–water partition coefficient (Wildman–Crippen LogP) is 9.23. The third-order valence-electron chi connectivity index (χ3n) is 8.32. The van der Waals surface area contributed by atoms with Crippen LogP contribution in [0.3, 0.4) is 0 Å². The molecule has 279 valence electrons. The Morgan fingerprint density at radius 2 is 0.685 bits per heavy atom. The number of esters is 4. The Morgan fingerprint density at radius 1 is 0.444 bits per heavy atom. The van der Waals surface area contributed by atoms with Crippen LogP contribution in [-0.4, -0.2) is 50.3 Å². The smallest absolute Gasteiger partial charge is 0.338 e. The molecular formula is C45H41CoO8-. The second kappa shape index (κ2) is 19.9. The van der Waals surface area contributed by atoms with E-state index in [-0.39, 0.29) is 43.2 Å². The second-order valence-corrected chi connectivity index (χ2v) is 11.7. The first-order valence-electron chi connectivity index (χ1n) is 17.6. The van der Waals surface area contributed by atoms with Gasteiger partial charge in [0.25, 0.3) is 0 Å². The van der Waals surface area contributed by atoms with E-state index in [0.717, 1.165) is 51.0 Å². The Balaban J connectivity index is 0.000001000. The van der Waals surface area contributed by atoms with Crippen molar-refractivity contribution in [2.24, 2.45) is 0 Å². The maximum atomic E-state index is 12.4. The molecule has 0 unspecified atom stereocenters. The average Bonchev–Trinajstić information content (AvgIpc) is 3.77. The second-order valence-electron chi connectivity index (χ2n) is 11.7. The molecule has 0 heterocycles. The predicted molar refractivity (Wildman–Crippen MR) is 205 cm³/mol. The minimum atomic E-state index is -0.408. The van der Waals surface area contributed by atoms with Crippen molar-refractivity contribution >= 4 is 46.2 Å². The van der Waals surface area contributed by atoms with Crippen LogP contribution in [0.15, 0.2) is 115 Å². The van der Waals surface area contributed by atoms with Crippen LogP contribution in [0.5, 0.6) is 0 Å². The summed E-state index contributed by atoms with van der Waals surface area (Å²) in [7, 11) is 0. The standard InChI is InChI=1S/C40H36O8.C5H5.Co/c1-5-45-37(41)29-17-9-25(10-18-29)33-34(26-11-19-30(20-12-26)38(42)46-6-2)36(28-15-23-32(24-16-28)40(44)48-8-4)35(33)27-13-21-31(22-14-27)39(43)47-7-3;1-2-4-5-3-1;/h9-24H,5-8H2,1-4H3;1-3H,4H2;/q;-1;. The zero-order valence-electron chi connectivity index (χ0n) is 30.6. The first kappa shape index (κ1) is 41.0. The molecule has 0 saturated carbocycles. The van der Waals surface area contributed by atoms with E-state index in [0.29, 0.717) is 22.3 Å². The zero-order chi connectivity index (χ0) is 37.7. The molecule has 2 aliphatic rings. The van der Waals surface area contributed by atoms with E-state index >= 15 is 0 Å². The van der Waals surface area contributed by atoms with Gasteiger partial charge in [0.05, 0.1) is 48.7 Å². The summed E-state index contributed by atoms with van der Waals surface area (Å²) in [6.07, 6.45) is 10.0. The first-order chi connectivity index (χ1) is 25.8. The van der Waals surface area contributed by atoms with Crippen molar-refractivity contribution in [3.05, 3.63) is 166 Å². The summed E-state index contributed by atoms with van der Waals surface area (Å²) >= 11 is 0. The molecule has 4 aromatic carbocycles. The van der Waals surface area contributed by atoms with Gasteiger partial charge in [0.15, 0.2) is 0 Å². The van der Waals surface area contributed by atoms with Crippen molar-refractivity contribution < 1.29 is 54.9 Å². The number of ether oxygens (including phenoxy) is 4. The van der Waals surface area contributed by atoms with Crippen LogP contribution in [0.2, 0.25) is 0 Å². The summed E-state index contributed by atoms with van der Waals surface area (Å²) in [5.74, 6) is -1.63. The number of hydrogen-bond donors (Lipinski definition) is 0. The van der Waals surface area contributed by atoms with Crippen LogP contribution in [0.1, 0.15) is 97.8 Å². The van der Waals surface area contributed by atoms with Gasteiger partial charge in [-0.2, -0.15) is 6.08 Å². The Morgan fingerprint density at radius 3 is 0.833 bits per heavy atom. The molecule has 54 heavy (non-hydrogen) atoms. The molecular weight excluding hydrogens is 727 g/mol. The molecule has 1 radical (unpaired) electrons. The summed E-state index contributed by atoms with van der Waals surface area (Å²) in [4.78, 5) is 49.8. The quantitative estimate of drug-likeness (QED) is 0.0799. The fourth-order valence-corrected chi connectivity index (χ4v) is 5.88. The number of rotatable bonds is 12. The van der Waals surface area contributed by atoms with Crippen LogP contribution in [0.25, 0.3) is 22.3 Å². The molecule has 0 atom stereocenters. The van der Waals surface area contributed by atoms with Gasteiger partial charge >= 0.3 is 23.9 Å². The zero-order valence-corrected chi connectivity index (χ0v) is 31.6. The van der Waals surface area contributed by atoms with E-state index in [2.05, 4.69) is 12.2 Å². The van der Waals surface area contributed by atoms with Crippen molar-refractivity contribution in [1.82, 2.24) is 0 Å². The maximum absolute atomic E-state index is 12.4. The summed E-state index contributed by atoms with van der Waals surface area (Å²) in [5.41, 5.74) is 8.75. The minimum absolute atomic E-state index is 0. The molecule has 0 amide bonds. The van der Waals surface area contributed by atoms with Crippen molar-refractivity contribution in [2.45, 2.75) is 34.1 Å². The molecule has 2 aliphatic carbocycles. The maximum Gasteiger partial charge on any atom is 0.338 e. The van der Waals surface area contributed by atoms with Crippen molar-refractivity contribution in [2.75, 3.05) is 26.4 Å². The Kier molecular flexibility index (Phi) is 15.1. The molecule has 0 saturated heterocycles. The first-order valence-corrected chi connectivity index (χ1v) is 17.6. The van der Waals surface area contributed by atoms with Gasteiger partial charge in [-0.3, -0.25) is 6.08 Å². The van der Waals surface area contributed by atoms with Crippen LogP contribution in [-0.2, 0) is 35.7 Å². The Bertz CT molecular complexity index is 1770. The van der Waals surface area contributed by atoms with Crippen LogP contribution >= 0.6 is 0 Å². The SMILES string of the molecule is CCOC(=O)c1ccc(C2=C(c3ccc(C(=O)OCC)cc3)C(c3ccc(C(=O)OCC)cc3)=C2c2ccc(C(=O)OCC)cc2)cc1.[C-]1=CC=CC1.[Co]. The number of benzene rings is 4. The van der Waals surface area contributed by atoms with Gasteiger partial charge < -0.3 is 18.9 Å². The molecule has 0 N–H and O–H groups in total. The molecule has 0 fully saturated rings.